The highest BCUT2D eigenvalue weighted by atomic mass is 16.4. The number of nitrogens with one attached hydrogen (secondary N) is 2. The van der Waals surface area contributed by atoms with E-state index in [1.165, 1.54) is 0 Å². The van der Waals surface area contributed by atoms with Crippen LogP contribution in [0.1, 0.15) is 27.2 Å². The number of aliphatic carboxylic acids is 1. The van der Waals surface area contributed by atoms with Crippen molar-refractivity contribution in [2.75, 3.05) is 27.2 Å². The van der Waals surface area contributed by atoms with Crippen LogP contribution in [0.3, 0.4) is 0 Å². The average Bonchev–Trinajstić information content (AvgIpc) is 2.18. The van der Waals surface area contributed by atoms with Gasteiger partial charge < -0.3 is 20.6 Å². The maximum atomic E-state index is 11.6. The molecule has 18 heavy (non-hydrogen) atoms. The summed E-state index contributed by atoms with van der Waals surface area (Å²) in [7, 11) is 3.92. The zero-order valence-corrected chi connectivity index (χ0v) is 11.9. The summed E-state index contributed by atoms with van der Waals surface area (Å²) in [6, 6.07) is -1.33. The van der Waals surface area contributed by atoms with E-state index in [9.17, 15) is 9.59 Å². The van der Waals surface area contributed by atoms with Crippen LogP contribution in [-0.2, 0) is 4.79 Å². The van der Waals surface area contributed by atoms with Crippen LogP contribution in [0.15, 0.2) is 0 Å². The van der Waals surface area contributed by atoms with Crippen LogP contribution in [-0.4, -0.2) is 55.2 Å². The Morgan fingerprint density at radius 3 is 2.22 bits per heavy atom. The first-order chi connectivity index (χ1) is 8.14. The number of hydrogen-bond acceptors (Lipinski definition) is 3. The summed E-state index contributed by atoms with van der Waals surface area (Å²) in [5.74, 6) is -1.02. The van der Waals surface area contributed by atoms with Crippen LogP contribution < -0.4 is 10.6 Å². The van der Waals surface area contributed by atoms with Gasteiger partial charge in [0, 0.05) is 6.54 Å². The summed E-state index contributed by atoms with van der Waals surface area (Å²) in [6.45, 7) is 6.73. The lowest BCUT2D eigenvalue weighted by atomic mass is 9.87. The highest BCUT2D eigenvalue weighted by molar-refractivity contribution is 5.83. The Morgan fingerprint density at radius 1 is 1.28 bits per heavy atom. The number of carboxylic acid groups (broad SMARTS) is 1. The summed E-state index contributed by atoms with van der Waals surface area (Å²) in [6.07, 6.45) is 0.827. The molecule has 0 rings (SSSR count). The predicted molar refractivity (Wildman–Crippen MR) is 70.6 cm³/mol. The maximum absolute atomic E-state index is 11.6. The van der Waals surface area contributed by atoms with Crippen molar-refractivity contribution < 1.29 is 14.7 Å². The number of carboxylic acids is 1. The lowest BCUT2D eigenvalue weighted by Crippen LogP contribution is -2.52. The molecule has 0 spiro atoms. The standard InChI is InChI=1S/C12H25N3O3/c1-12(2,3)9(10(16)17)14-11(18)13-7-6-8-15(4)5/h9H,6-8H2,1-5H3,(H,16,17)(H2,13,14,18)/t9-/m1/s1. The van der Waals surface area contributed by atoms with Gasteiger partial charge in [-0.15, -0.1) is 0 Å². The fraction of sp³-hybridized carbons (Fsp3) is 0.833. The highest BCUT2D eigenvalue weighted by Crippen LogP contribution is 2.19. The molecule has 2 amide bonds. The van der Waals surface area contributed by atoms with Crippen molar-refractivity contribution in [3.63, 3.8) is 0 Å². The van der Waals surface area contributed by atoms with Crippen LogP contribution in [0.2, 0.25) is 0 Å². The molecule has 0 aromatic rings. The molecular formula is C12H25N3O3. The van der Waals surface area contributed by atoms with E-state index in [1.54, 1.807) is 20.8 Å². The Balaban J connectivity index is 4.09. The van der Waals surface area contributed by atoms with Crippen molar-refractivity contribution in [3.05, 3.63) is 0 Å². The minimum absolute atomic E-state index is 0.434. The molecule has 0 saturated heterocycles. The van der Waals surface area contributed by atoms with Crippen LogP contribution >= 0.6 is 0 Å². The topological polar surface area (TPSA) is 81.7 Å². The molecule has 0 fully saturated rings. The second-order valence-corrected chi connectivity index (χ2v) is 5.69. The van der Waals surface area contributed by atoms with Gasteiger partial charge in [0.15, 0.2) is 0 Å². The summed E-state index contributed by atoms with van der Waals surface area (Å²) < 4.78 is 0. The van der Waals surface area contributed by atoms with E-state index >= 15 is 0 Å². The molecule has 6 nitrogen and oxygen atoms in total. The molecule has 106 valence electrons. The fourth-order valence-electron chi connectivity index (χ4n) is 1.43. The SMILES string of the molecule is CN(C)CCCNC(=O)N[C@H](C(=O)O)C(C)(C)C. The first-order valence-corrected chi connectivity index (χ1v) is 6.06. The smallest absolute Gasteiger partial charge is 0.326 e. The number of urea groups is 1. The molecule has 0 aliphatic rings. The summed E-state index contributed by atoms with van der Waals surface area (Å²) >= 11 is 0. The lowest BCUT2D eigenvalue weighted by Gasteiger charge is -2.27. The molecule has 3 N–H and O–H groups in total. The number of hydrogen-bond donors (Lipinski definition) is 3. The van der Waals surface area contributed by atoms with Gasteiger partial charge in [0.05, 0.1) is 0 Å². The van der Waals surface area contributed by atoms with E-state index in [1.807, 2.05) is 19.0 Å². The maximum Gasteiger partial charge on any atom is 0.326 e. The molecule has 0 aromatic carbocycles. The van der Waals surface area contributed by atoms with E-state index < -0.39 is 23.5 Å². The van der Waals surface area contributed by atoms with Crippen LogP contribution in [0, 0.1) is 5.41 Å². The molecule has 0 bridgehead atoms. The molecule has 1 atom stereocenters. The predicted octanol–water partition coefficient (Wildman–Crippen LogP) is 0.737. The number of amides is 2. The monoisotopic (exact) mass is 259 g/mol. The van der Waals surface area contributed by atoms with E-state index in [4.69, 9.17) is 5.11 Å². The van der Waals surface area contributed by atoms with Gasteiger partial charge in [-0.05, 0) is 32.5 Å². The first kappa shape index (κ1) is 16.7. The molecule has 0 aliphatic heterocycles. The number of carbonyl (C=O) groups excluding carboxylic acids is 1. The Kier molecular flexibility index (Phi) is 6.68. The summed E-state index contributed by atoms with van der Waals surface area (Å²) in [5, 5.41) is 14.2. The molecule has 0 radical (unpaired) electrons. The van der Waals surface area contributed by atoms with Crippen LogP contribution in [0.4, 0.5) is 4.79 Å². The number of carbonyl (C=O) groups is 2. The molecule has 0 aliphatic carbocycles. The first-order valence-electron chi connectivity index (χ1n) is 6.06. The Morgan fingerprint density at radius 2 is 1.83 bits per heavy atom. The molecule has 6 heteroatoms. The van der Waals surface area contributed by atoms with Crippen LogP contribution in [0.5, 0.6) is 0 Å². The van der Waals surface area contributed by atoms with E-state index in [-0.39, 0.29) is 0 Å². The van der Waals surface area contributed by atoms with Gasteiger partial charge in [0.25, 0.3) is 0 Å². The number of nitrogens with zero attached hydrogens (tertiary/aromatic N) is 1. The van der Waals surface area contributed by atoms with E-state index in [2.05, 4.69) is 10.6 Å². The van der Waals surface area contributed by atoms with Crippen molar-refractivity contribution in [3.8, 4) is 0 Å². The van der Waals surface area contributed by atoms with Gasteiger partial charge >= 0.3 is 12.0 Å². The zero-order valence-electron chi connectivity index (χ0n) is 11.9. The van der Waals surface area contributed by atoms with E-state index in [0.717, 1.165) is 13.0 Å². The third-order valence-corrected chi connectivity index (χ3v) is 2.46. The van der Waals surface area contributed by atoms with Gasteiger partial charge in [-0.25, -0.2) is 9.59 Å². The average molecular weight is 259 g/mol. The molecular weight excluding hydrogens is 234 g/mol. The quantitative estimate of drug-likeness (QED) is 0.614. The second kappa shape index (κ2) is 7.20. The van der Waals surface area contributed by atoms with Crippen molar-refractivity contribution in [1.29, 1.82) is 0 Å². The molecule has 0 unspecified atom stereocenters. The Bertz CT molecular complexity index is 285. The largest absolute Gasteiger partial charge is 0.480 e. The second-order valence-electron chi connectivity index (χ2n) is 5.69. The van der Waals surface area contributed by atoms with Gasteiger partial charge in [-0.1, -0.05) is 20.8 Å². The molecule has 0 aromatic heterocycles. The zero-order chi connectivity index (χ0) is 14.3. The normalized spacial score (nSPS) is 13.2. The third kappa shape index (κ3) is 7.11. The van der Waals surface area contributed by atoms with Crippen molar-refractivity contribution in [2.45, 2.75) is 33.2 Å². The lowest BCUT2D eigenvalue weighted by molar-refractivity contribution is -0.141. The molecule has 0 heterocycles. The van der Waals surface area contributed by atoms with Gasteiger partial charge in [-0.3, -0.25) is 0 Å². The number of rotatable bonds is 6. The minimum atomic E-state index is -1.02. The van der Waals surface area contributed by atoms with Gasteiger partial charge in [0.2, 0.25) is 0 Å². The van der Waals surface area contributed by atoms with Crippen molar-refractivity contribution in [2.24, 2.45) is 5.41 Å². The Hall–Kier alpha value is -1.30. The van der Waals surface area contributed by atoms with Crippen LogP contribution in [0.25, 0.3) is 0 Å². The third-order valence-electron chi connectivity index (χ3n) is 2.46. The van der Waals surface area contributed by atoms with Crippen molar-refractivity contribution in [1.82, 2.24) is 15.5 Å². The van der Waals surface area contributed by atoms with Crippen molar-refractivity contribution >= 4 is 12.0 Å². The molecule has 0 saturated carbocycles. The summed E-state index contributed by atoms with van der Waals surface area (Å²) in [4.78, 5) is 24.6. The van der Waals surface area contributed by atoms with E-state index in [0.29, 0.717) is 6.54 Å². The van der Waals surface area contributed by atoms with Gasteiger partial charge in [-0.2, -0.15) is 0 Å². The van der Waals surface area contributed by atoms with Gasteiger partial charge in [0.1, 0.15) is 6.04 Å². The Labute approximate surface area is 109 Å². The minimum Gasteiger partial charge on any atom is -0.480 e. The summed E-state index contributed by atoms with van der Waals surface area (Å²) in [5.41, 5.74) is -0.521. The fourth-order valence-corrected chi connectivity index (χ4v) is 1.43. The highest BCUT2D eigenvalue weighted by Gasteiger charge is 2.32.